The summed E-state index contributed by atoms with van der Waals surface area (Å²) < 4.78 is 0.959. The lowest BCUT2D eigenvalue weighted by Gasteiger charge is -2.43. The Morgan fingerprint density at radius 3 is 2.65 bits per heavy atom. The standard InChI is InChI=1S/C13H17BrN2S/c1-2-13(6-3-7-13)16-9-4-5-10(12(15)17)11(14)8-9/h4-5,8,16H,2-3,6-7H2,1H3,(H2,15,17). The lowest BCUT2D eigenvalue weighted by molar-refractivity contribution is 0.269. The van der Waals surface area contributed by atoms with Crippen LogP contribution in [0.4, 0.5) is 5.69 Å². The summed E-state index contributed by atoms with van der Waals surface area (Å²) >= 11 is 8.50. The Labute approximate surface area is 116 Å². The third-order valence-corrected chi connectivity index (χ3v) is 4.51. The van der Waals surface area contributed by atoms with E-state index in [0.717, 1.165) is 15.7 Å². The summed E-state index contributed by atoms with van der Waals surface area (Å²) in [6.45, 7) is 2.24. The minimum absolute atomic E-state index is 0.310. The van der Waals surface area contributed by atoms with Crippen LogP contribution in [-0.4, -0.2) is 10.5 Å². The van der Waals surface area contributed by atoms with Gasteiger partial charge in [-0.1, -0.05) is 19.1 Å². The molecule has 0 amide bonds. The number of halogens is 1. The van der Waals surface area contributed by atoms with Gasteiger partial charge in [0.25, 0.3) is 0 Å². The fourth-order valence-corrected chi connectivity index (χ4v) is 3.17. The van der Waals surface area contributed by atoms with E-state index in [0.29, 0.717) is 10.5 Å². The maximum absolute atomic E-state index is 5.64. The topological polar surface area (TPSA) is 38.0 Å². The molecule has 1 aromatic rings. The molecule has 0 heterocycles. The van der Waals surface area contributed by atoms with Crippen molar-refractivity contribution >= 4 is 38.8 Å². The van der Waals surface area contributed by atoms with Gasteiger partial charge in [-0.25, -0.2) is 0 Å². The Hall–Kier alpha value is -0.610. The van der Waals surface area contributed by atoms with Crippen LogP contribution in [0.5, 0.6) is 0 Å². The van der Waals surface area contributed by atoms with Gasteiger partial charge >= 0.3 is 0 Å². The molecular formula is C13H17BrN2S. The van der Waals surface area contributed by atoms with Crippen molar-refractivity contribution < 1.29 is 0 Å². The molecule has 17 heavy (non-hydrogen) atoms. The molecule has 0 aliphatic heterocycles. The van der Waals surface area contributed by atoms with E-state index in [9.17, 15) is 0 Å². The Balaban J connectivity index is 2.17. The molecule has 4 heteroatoms. The molecule has 3 N–H and O–H groups in total. The highest BCUT2D eigenvalue weighted by Crippen LogP contribution is 2.38. The van der Waals surface area contributed by atoms with Crippen molar-refractivity contribution in [2.45, 2.75) is 38.1 Å². The minimum atomic E-state index is 0.310. The Bertz CT molecular complexity index is 436. The van der Waals surface area contributed by atoms with Crippen molar-refractivity contribution in [3.8, 4) is 0 Å². The van der Waals surface area contributed by atoms with Crippen molar-refractivity contribution in [3.63, 3.8) is 0 Å². The normalized spacial score (nSPS) is 17.3. The zero-order valence-corrected chi connectivity index (χ0v) is 12.3. The molecule has 1 aliphatic carbocycles. The first-order chi connectivity index (χ1) is 8.06. The van der Waals surface area contributed by atoms with E-state index < -0.39 is 0 Å². The highest BCUT2D eigenvalue weighted by atomic mass is 79.9. The van der Waals surface area contributed by atoms with Gasteiger partial charge in [-0.2, -0.15) is 0 Å². The van der Waals surface area contributed by atoms with Crippen LogP contribution < -0.4 is 11.1 Å². The minimum Gasteiger partial charge on any atom is -0.389 e. The quantitative estimate of drug-likeness (QED) is 0.830. The van der Waals surface area contributed by atoms with E-state index in [4.69, 9.17) is 18.0 Å². The second-order valence-corrected chi connectivity index (χ2v) is 5.97. The van der Waals surface area contributed by atoms with Crippen LogP contribution in [0.2, 0.25) is 0 Å². The SMILES string of the molecule is CCC1(Nc2ccc(C(N)=S)c(Br)c2)CCC1. The number of hydrogen-bond acceptors (Lipinski definition) is 2. The van der Waals surface area contributed by atoms with Gasteiger partial charge < -0.3 is 11.1 Å². The average molecular weight is 313 g/mol. The van der Waals surface area contributed by atoms with Crippen molar-refractivity contribution in [1.82, 2.24) is 0 Å². The third kappa shape index (κ3) is 2.63. The second kappa shape index (κ2) is 4.94. The zero-order valence-electron chi connectivity index (χ0n) is 9.92. The molecule has 0 atom stereocenters. The van der Waals surface area contributed by atoms with E-state index in [1.807, 2.05) is 6.07 Å². The summed E-state index contributed by atoms with van der Waals surface area (Å²) in [6.07, 6.45) is 5.02. The van der Waals surface area contributed by atoms with Gasteiger partial charge in [-0.15, -0.1) is 0 Å². The number of nitrogens with two attached hydrogens (primary N) is 1. The molecule has 0 radical (unpaired) electrons. The first-order valence-corrected chi connectivity index (χ1v) is 7.14. The summed E-state index contributed by atoms with van der Waals surface area (Å²) in [7, 11) is 0. The van der Waals surface area contributed by atoms with Crippen molar-refractivity contribution in [2.75, 3.05) is 5.32 Å². The Morgan fingerprint density at radius 1 is 1.53 bits per heavy atom. The van der Waals surface area contributed by atoms with Gasteiger partial charge in [0.05, 0.1) is 0 Å². The van der Waals surface area contributed by atoms with Crippen molar-refractivity contribution in [2.24, 2.45) is 5.73 Å². The molecule has 1 aromatic carbocycles. The van der Waals surface area contributed by atoms with Crippen LogP contribution in [0, 0.1) is 0 Å². The molecule has 92 valence electrons. The van der Waals surface area contributed by atoms with Gasteiger partial charge in [0.1, 0.15) is 4.99 Å². The van der Waals surface area contributed by atoms with Crippen LogP contribution in [0.15, 0.2) is 22.7 Å². The monoisotopic (exact) mass is 312 g/mol. The van der Waals surface area contributed by atoms with Gasteiger partial charge in [0.2, 0.25) is 0 Å². The van der Waals surface area contributed by atoms with Gasteiger partial charge in [-0.05, 0) is 59.8 Å². The summed E-state index contributed by atoms with van der Waals surface area (Å²) in [5.74, 6) is 0. The first kappa shape index (κ1) is 12.8. The lowest BCUT2D eigenvalue weighted by atomic mass is 9.74. The molecule has 1 fully saturated rings. The number of hydrogen-bond donors (Lipinski definition) is 2. The zero-order chi connectivity index (χ0) is 12.5. The highest BCUT2D eigenvalue weighted by molar-refractivity contribution is 9.10. The predicted molar refractivity (Wildman–Crippen MR) is 80.5 cm³/mol. The predicted octanol–water partition coefficient (Wildman–Crippen LogP) is 3.83. The molecule has 1 aliphatic rings. The Morgan fingerprint density at radius 2 is 2.24 bits per heavy atom. The van der Waals surface area contributed by atoms with E-state index in [1.54, 1.807) is 0 Å². The van der Waals surface area contributed by atoms with Crippen LogP contribution in [0.3, 0.4) is 0 Å². The Kier molecular flexibility index (Phi) is 3.73. The van der Waals surface area contributed by atoms with Crippen molar-refractivity contribution in [1.29, 1.82) is 0 Å². The summed E-state index contributed by atoms with van der Waals surface area (Å²) in [4.78, 5) is 0.428. The van der Waals surface area contributed by atoms with E-state index in [1.165, 1.54) is 25.7 Å². The number of thiocarbonyl (C=S) groups is 1. The maximum Gasteiger partial charge on any atom is 0.105 e. The fraction of sp³-hybridized carbons (Fsp3) is 0.462. The smallest absolute Gasteiger partial charge is 0.105 e. The van der Waals surface area contributed by atoms with Gasteiger partial charge in [0.15, 0.2) is 0 Å². The average Bonchev–Trinajstić information content (AvgIpc) is 2.23. The van der Waals surface area contributed by atoms with Gasteiger partial charge in [-0.3, -0.25) is 0 Å². The van der Waals surface area contributed by atoms with E-state index >= 15 is 0 Å². The van der Waals surface area contributed by atoms with Crippen LogP contribution in [0.1, 0.15) is 38.2 Å². The molecule has 0 unspecified atom stereocenters. The number of rotatable bonds is 4. The molecular weight excluding hydrogens is 296 g/mol. The van der Waals surface area contributed by atoms with Crippen LogP contribution in [0.25, 0.3) is 0 Å². The molecule has 0 spiro atoms. The molecule has 0 aromatic heterocycles. The summed E-state index contributed by atoms with van der Waals surface area (Å²) in [5.41, 5.74) is 7.98. The maximum atomic E-state index is 5.64. The lowest BCUT2D eigenvalue weighted by Crippen LogP contribution is -2.44. The number of anilines is 1. The van der Waals surface area contributed by atoms with Crippen LogP contribution >= 0.6 is 28.1 Å². The molecule has 1 saturated carbocycles. The third-order valence-electron chi connectivity index (χ3n) is 3.63. The molecule has 0 bridgehead atoms. The van der Waals surface area contributed by atoms with Crippen LogP contribution in [-0.2, 0) is 0 Å². The fourth-order valence-electron chi connectivity index (χ4n) is 2.27. The molecule has 2 nitrogen and oxygen atoms in total. The molecule has 0 saturated heterocycles. The van der Waals surface area contributed by atoms with E-state index in [-0.39, 0.29) is 0 Å². The summed E-state index contributed by atoms with van der Waals surface area (Å²) in [6, 6.07) is 6.08. The number of nitrogens with one attached hydrogen (secondary N) is 1. The largest absolute Gasteiger partial charge is 0.389 e. The molecule has 2 rings (SSSR count). The van der Waals surface area contributed by atoms with Gasteiger partial charge in [0, 0.05) is 21.3 Å². The summed E-state index contributed by atoms with van der Waals surface area (Å²) in [5, 5.41) is 3.63. The van der Waals surface area contributed by atoms with E-state index in [2.05, 4.69) is 40.3 Å². The van der Waals surface area contributed by atoms with Crippen molar-refractivity contribution in [3.05, 3.63) is 28.2 Å². The first-order valence-electron chi connectivity index (χ1n) is 5.94. The number of benzene rings is 1. The second-order valence-electron chi connectivity index (χ2n) is 4.67. The highest BCUT2D eigenvalue weighted by Gasteiger charge is 2.34.